The molecule has 2 rings (SSSR count). The van der Waals surface area contributed by atoms with Gasteiger partial charge in [0.25, 0.3) is 0 Å². The van der Waals surface area contributed by atoms with Crippen LogP contribution in [0, 0.1) is 6.92 Å². The van der Waals surface area contributed by atoms with Gasteiger partial charge in [0.1, 0.15) is 11.4 Å². The number of nitrogens with zero attached hydrogens (tertiary/aromatic N) is 5. The highest BCUT2D eigenvalue weighted by molar-refractivity contribution is 5.36. The van der Waals surface area contributed by atoms with E-state index in [1.807, 2.05) is 22.6 Å². The number of nitrogens with one attached hydrogen (secondary N) is 1. The van der Waals surface area contributed by atoms with Crippen LogP contribution in [-0.2, 0) is 13.5 Å². The highest BCUT2D eigenvalue weighted by Crippen LogP contribution is 2.19. The zero-order valence-corrected chi connectivity index (χ0v) is 13.0. The molecule has 0 bridgehead atoms. The maximum Gasteiger partial charge on any atom is 0.108 e. The van der Waals surface area contributed by atoms with Crippen molar-refractivity contribution in [2.24, 2.45) is 7.05 Å². The second-order valence-corrected chi connectivity index (χ2v) is 5.14. The van der Waals surface area contributed by atoms with Crippen molar-refractivity contribution in [3.63, 3.8) is 0 Å². The number of aromatic nitrogens is 5. The van der Waals surface area contributed by atoms with E-state index in [1.54, 1.807) is 0 Å². The third kappa shape index (κ3) is 2.75. The zero-order chi connectivity index (χ0) is 14.7. The topological polar surface area (TPSA) is 60.6 Å². The molecule has 0 aliphatic carbocycles. The maximum atomic E-state index is 4.46. The highest BCUT2D eigenvalue weighted by Gasteiger charge is 2.18. The summed E-state index contributed by atoms with van der Waals surface area (Å²) in [5.41, 5.74) is 4.14. The minimum atomic E-state index is 0.213. The minimum absolute atomic E-state index is 0.213. The molecular weight excluding hydrogens is 252 g/mol. The SMILES string of the molecule is CCCNC(C)c1nnn(-c2cn(C)nc2CC)c1C. The van der Waals surface area contributed by atoms with Gasteiger partial charge in [-0.25, -0.2) is 4.68 Å². The maximum absolute atomic E-state index is 4.46. The second kappa shape index (κ2) is 6.17. The number of aryl methyl sites for hydroxylation is 2. The Bertz CT molecular complexity index is 568. The van der Waals surface area contributed by atoms with Gasteiger partial charge >= 0.3 is 0 Å². The summed E-state index contributed by atoms with van der Waals surface area (Å²) < 4.78 is 3.72. The Morgan fingerprint density at radius 2 is 2.10 bits per heavy atom. The van der Waals surface area contributed by atoms with E-state index >= 15 is 0 Å². The van der Waals surface area contributed by atoms with Crippen molar-refractivity contribution in [2.45, 2.75) is 46.6 Å². The Morgan fingerprint density at radius 3 is 2.75 bits per heavy atom. The largest absolute Gasteiger partial charge is 0.309 e. The molecule has 0 spiro atoms. The smallest absolute Gasteiger partial charge is 0.108 e. The molecule has 0 aliphatic heterocycles. The lowest BCUT2D eigenvalue weighted by Crippen LogP contribution is -2.20. The molecule has 1 unspecified atom stereocenters. The fraction of sp³-hybridized carbons (Fsp3) is 0.643. The van der Waals surface area contributed by atoms with Crippen molar-refractivity contribution in [1.82, 2.24) is 30.1 Å². The second-order valence-electron chi connectivity index (χ2n) is 5.14. The van der Waals surface area contributed by atoms with E-state index in [4.69, 9.17) is 0 Å². The lowest BCUT2D eigenvalue weighted by atomic mass is 10.2. The third-order valence-electron chi connectivity index (χ3n) is 3.49. The summed E-state index contributed by atoms with van der Waals surface area (Å²) in [7, 11) is 1.93. The van der Waals surface area contributed by atoms with Gasteiger partial charge in [-0.1, -0.05) is 19.1 Å². The number of hydrogen-bond acceptors (Lipinski definition) is 4. The minimum Gasteiger partial charge on any atom is -0.309 e. The van der Waals surface area contributed by atoms with Gasteiger partial charge in [-0.2, -0.15) is 5.10 Å². The summed E-state index contributed by atoms with van der Waals surface area (Å²) in [4.78, 5) is 0. The average Bonchev–Trinajstić information content (AvgIpc) is 2.98. The predicted octanol–water partition coefficient (Wildman–Crippen LogP) is 1.93. The van der Waals surface area contributed by atoms with E-state index in [0.717, 1.165) is 42.2 Å². The molecule has 1 N–H and O–H groups in total. The van der Waals surface area contributed by atoms with Crippen molar-refractivity contribution < 1.29 is 0 Å². The van der Waals surface area contributed by atoms with Gasteiger partial charge in [-0.15, -0.1) is 5.10 Å². The fourth-order valence-electron chi connectivity index (χ4n) is 2.38. The first kappa shape index (κ1) is 14.7. The quantitative estimate of drug-likeness (QED) is 0.876. The van der Waals surface area contributed by atoms with E-state index < -0.39 is 0 Å². The van der Waals surface area contributed by atoms with E-state index in [9.17, 15) is 0 Å². The highest BCUT2D eigenvalue weighted by atomic mass is 15.5. The molecule has 1 atom stereocenters. The Balaban J connectivity index is 2.32. The van der Waals surface area contributed by atoms with Gasteiger partial charge < -0.3 is 5.32 Å². The van der Waals surface area contributed by atoms with Crippen LogP contribution in [-0.4, -0.2) is 31.3 Å². The molecule has 0 aromatic carbocycles. The van der Waals surface area contributed by atoms with Gasteiger partial charge in [0.05, 0.1) is 23.6 Å². The zero-order valence-electron chi connectivity index (χ0n) is 13.0. The molecule has 0 saturated carbocycles. The molecule has 2 aromatic rings. The molecule has 2 heterocycles. The van der Waals surface area contributed by atoms with Crippen molar-refractivity contribution in [3.05, 3.63) is 23.3 Å². The van der Waals surface area contributed by atoms with Crippen molar-refractivity contribution in [2.75, 3.05) is 6.54 Å². The molecule has 0 fully saturated rings. The van der Waals surface area contributed by atoms with Crippen LogP contribution in [0.3, 0.4) is 0 Å². The van der Waals surface area contributed by atoms with Crippen LogP contribution in [0.1, 0.15) is 50.3 Å². The molecule has 0 amide bonds. The summed E-state index contributed by atoms with van der Waals surface area (Å²) >= 11 is 0. The summed E-state index contributed by atoms with van der Waals surface area (Å²) in [5.74, 6) is 0. The van der Waals surface area contributed by atoms with E-state index in [0.29, 0.717) is 0 Å². The Morgan fingerprint density at radius 1 is 1.35 bits per heavy atom. The summed E-state index contributed by atoms with van der Waals surface area (Å²) in [5, 5.41) is 16.6. The third-order valence-corrected chi connectivity index (χ3v) is 3.49. The summed E-state index contributed by atoms with van der Waals surface area (Å²) in [6, 6.07) is 0.213. The lowest BCUT2D eigenvalue weighted by molar-refractivity contribution is 0.555. The van der Waals surface area contributed by atoms with Crippen LogP contribution in [0.15, 0.2) is 6.20 Å². The monoisotopic (exact) mass is 276 g/mol. The first-order chi connectivity index (χ1) is 9.58. The first-order valence-electron chi connectivity index (χ1n) is 7.26. The molecule has 0 aliphatic rings. The van der Waals surface area contributed by atoms with Crippen LogP contribution >= 0.6 is 0 Å². The van der Waals surface area contributed by atoms with Crippen LogP contribution in [0.2, 0.25) is 0 Å². The van der Waals surface area contributed by atoms with Crippen LogP contribution in [0.5, 0.6) is 0 Å². The molecular formula is C14H24N6. The molecule has 110 valence electrons. The van der Waals surface area contributed by atoms with Gasteiger partial charge in [0.15, 0.2) is 0 Å². The van der Waals surface area contributed by atoms with Crippen LogP contribution in [0.4, 0.5) is 0 Å². The molecule has 20 heavy (non-hydrogen) atoms. The van der Waals surface area contributed by atoms with Crippen molar-refractivity contribution >= 4 is 0 Å². The number of hydrogen-bond donors (Lipinski definition) is 1. The first-order valence-corrected chi connectivity index (χ1v) is 7.26. The van der Waals surface area contributed by atoms with E-state index in [2.05, 4.69) is 48.4 Å². The molecule has 0 saturated heterocycles. The summed E-state index contributed by atoms with van der Waals surface area (Å²) in [6.07, 6.45) is 3.99. The Kier molecular flexibility index (Phi) is 4.54. The Hall–Kier alpha value is -1.69. The molecule has 0 radical (unpaired) electrons. The van der Waals surface area contributed by atoms with Crippen LogP contribution < -0.4 is 5.32 Å². The van der Waals surface area contributed by atoms with E-state index in [1.165, 1.54) is 0 Å². The van der Waals surface area contributed by atoms with Gasteiger partial charge in [-0.3, -0.25) is 4.68 Å². The molecule has 6 heteroatoms. The van der Waals surface area contributed by atoms with Gasteiger partial charge in [-0.05, 0) is 33.2 Å². The standard InChI is InChI=1S/C14H24N6/c1-6-8-15-10(3)14-11(4)20(18-16-14)13-9-19(5)17-12(13)7-2/h9-10,15H,6-8H2,1-5H3. The normalized spacial score (nSPS) is 12.8. The summed E-state index contributed by atoms with van der Waals surface area (Å²) in [6.45, 7) is 9.44. The average molecular weight is 276 g/mol. The van der Waals surface area contributed by atoms with Crippen LogP contribution in [0.25, 0.3) is 5.69 Å². The van der Waals surface area contributed by atoms with Crippen molar-refractivity contribution in [1.29, 1.82) is 0 Å². The van der Waals surface area contributed by atoms with Gasteiger partial charge in [0, 0.05) is 7.05 Å². The van der Waals surface area contributed by atoms with Gasteiger partial charge in [0.2, 0.25) is 0 Å². The lowest BCUT2D eigenvalue weighted by Gasteiger charge is -2.11. The number of rotatable bonds is 6. The fourth-order valence-corrected chi connectivity index (χ4v) is 2.38. The van der Waals surface area contributed by atoms with Crippen molar-refractivity contribution in [3.8, 4) is 5.69 Å². The van der Waals surface area contributed by atoms with E-state index in [-0.39, 0.29) is 6.04 Å². The molecule has 6 nitrogen and oxygen atoms in total. The Labute approximate surface area is 120 Å². The predicted molar refractivity (Wildman–Crippen MR) is 78.9 cm³/mol. The molecule has 2 aromatic heterocycles.